The Hall–Kier alpha value is -0.610. The first-order valence-corrected chi connectivity index (χ1v) is 8.53. The monoisotopic (exact) mass is 296 g/mol. The number of ether oxygens (including phenoxy) is 1. The van der Waals surface area contributed by atoms with Gasteiger partial charge in [-0.05, 0) is 63.6 Å². The van der Waals surface area contributed by atoms with Crippen LogP contribution in [-0.4, -0.2) is 50.2 Å². The number of carbonyl (C=O) groups is 1. The summed E-state index contributed by atoms with van der Waals surface area (Å²) < 4.78 is 5.07. The predicted molar refractivity (Wildman–Crippen MR) is 85.1 cm³/mol. The van der Waals surface area contributed by atoms with E-state index in [0.29, 0.717) is 5.92 Å². The van der Waals surface area contributed by atoms with Crippen molar-refractivity contribution in [1.29, 1.82) is 0 Å². The second kappa shape index (κ2) is 7.10. The molecule has 122 valence electrons. The maximum Gasteiger partial charge on any atom is 0.326 e. The first-order valence-electron chi connectivity index (χ1n) is 8.53. The van der Waals surface area contributed by atoms with E-state index in [2.05, 4.69) is 24.1 Å². The van der Waals surface area contributed by atoms with Crippen LogP contribution in [0.5, 0.6) is 0 Å². The molecule has 4 heteroatoms. The highest BCUT2D eigenvalue weighted by molar-refractivity contribution is 5.81. The molecule has 1 aliphatic heterocycles. The van der Waals surface area contributed by atoms with Crippen LogP contribution in [0.4, 0.5) is 0 Å². The second-order valence-electron chi connectivity index (χ2n) is 7.13. The van der Waals surface area contributed by atoms with Gasteiger partial charge >= 0.3 is 5.97 Å². The molecular formula is C17H32N2O2. The zero-order valence-electron chi connectivity index (χ0n) is 14.2. The van der Waals surface area contributed by atoms with Crippen molar-refractivity contribution in [3.8, 4) is 0 Å². The number of rotatable bonds is 5. The molecule has 0 bridgehead atoms. The predicted octanol–water partition coefficient (Wildman–Crippen LogP) is 2.29. The van der Waals surface area contributed by atoms with Gasteiger partial charge in [-0.3, -0.25) is 4.79 Å². The van der Waals surface area contributed by atoms with Crippen molar-refractivity contribution in [2.75, 3.05) is 33.8 Å². The fraction of sp³-hybridized carbons (Fsp3) is 0.941. The summed E-state index contributed by atoms with van der Waals surface area (Å²) in [7, 11) is 3.41. The Kier molecular flexibility index (Phi) is 5.67. The largest absolute Gasteiger partial charge is 0.468 e. The molecule has 1 saturated carbocycles. The molecular weight excluding hydrogens is 264 g/mol. The summed E-state index contributed by atoms with van der Waals surface area (Å²) in [6.07, 6.45) is 5.56. The van der Waals surface area contributed by atoms with Crippen LogP contribution in [0.25, 0.3) is 0 Å². The van der Waals surface area contributed by atoms with Gasteiger partial charge in [0.2, 0.25) is 0 Å². The van der Waals surface area contributed by atoms with Gasteiger partial charge in [0.05, 0.1) is 7.11 Å². The minimum absolute atomic E-state index is 0.0758. The van der Waals surface area contributed by atoms with Crippen molar-refractivity contribution in [2.45, 2.75) is 51.5 Å². The van der Waals surface area contributed by atoms with E-state index in [1.54, 1.807) is 0 Å². The number of nitrogens with one attached hydrogen (secondary N) is 1. The van der Waals surface area contributed by atoms with E-state index < -0.39 is 5.54 Å². The quantitative estimate of drug-likeness (QED) is 0.790. The van der Waals surface area contributed by atoms with Crippen LogP contribution in [0.3, 0.4) is 0 Å². The molecule has 21 heavy (non-hydrogen) atoms. The summed E-state index contributed by atoms with van der Waals surface area (Å²) in [5, 5.41) is 3.29. The van der Waals surface area contributed by atoms with E-state index in [1.807, 2.05) is 7.05 Å². The van der Waals surface area contributed by atoms with Crippen molar-refractivity contribution >= 4 is 5.97 Å². The van der Waals surface area contributed by atoms with Crippen LogP contribution in [0, 0.1) is 17.8 Å². The topological polar surface area (TPSA) is 41.6 Å². The molecule has 1 heterocycles. The van der Waals surface area contributed by atoms with Crippen LogP contribution in [-0.2, 0) is 9.53 Å². The molecule has 0 aromatic rings. The summed E-state index contributed by atoms with van der Waals surface area (Å²) in [4.78, 5) is 14.8. The van der Waals surface area contributed by atoms with Crippen molar-refractivity contribution in [1.82, 2.24) is 10.2 Å². The zero-order valence-corrected chi connectivity index (χ0v) is 14.2. The van der Waals surface area contributed by atoms with Crippen molar-refractivity contribution < 1.29 is 9.53 Å². The Morgan fingerprint density at radius 1 is 1.33 bits per heavy atom. The maximum absolute atomic E-state index is 12.2. The number of likely N-dealkylation sites (N-methyl/N-ethyl adjacent to an activating group) is 1. The van der Waals surface area contributed by atoms with Gasteiger partial charge in [-0.25, -0.2) is 0 Å². The Balaban J connectivity index is 1.91. The van der Waals surface area contributed by atoms with Crippen LogP contribution < -0.4 is 5.32 Å². The summed E-state index contributed by atoms with van der Waals surface area (Å²) >= 11 is 0. The van der Waals surface area contributed by atoms with Crippen molar-refractivity contribution in [3.05, 3.63) is 0 Å². The molecule has 1 N–H and O–H groups in total. The van der Waals surface area contributed by atoms with E-state index in [1.165, 1.54) is 26.6 Å². The van der Waals surface area contributed by atoms with Gasteiger partial charge in [0.1, 0.15) is 5.54 Å². The van der Waals surface area contributed by atoms with Gasteiger partial charge < -0.3 is 15.0 Å². The number of piperidine rings is 1. The van der Waals surface area contributed by atoms with Gasteiger partial charge in [-0.15, -0.1) is 0 Å². The van der Waals surface area contributed by atoms with Gasteiger partial charge in [-0.2, -0.15) is 0 Å². The molecule has 4 unspecified atom stereocenters. The highest BCUT2D eigenvalue weighted by Gasteiger charge is 2.48. The number of carbonyl (C=O) groups excluding carboxylic acids is 1. The van der Waals surface area contributed by atoms with Gasteiger partial charge in [-0.1, -0.05) is 20.3 Å². The fourth-order valence-corrected chi connectivity index (χ4v) is 4.24. The Morgan fingerprint density at radius 3 is 2.71 bits per heavy atom. The van der Waals surface area contributed by atoms with Crippen LogP contribution in [0.15, 0.2) is 0 Å². The van der Waals surface area contributed by atoms with Crippen molar-refractivity contribution in [3.63, 3.8) is 0 Å². The molecule has 0 radical (unpaired) electrons. The van der Waals surface area contributed by atoms with Gasteiger partial charge in [0.25, 0.3) is 0 Å². The maximum atomic E-state index is 12.2. The number of hydrogen-bond acceptors (Lipinski definition) is 4. The van der Waals surface area contributed by atoms with Crippen LogP contribution >= 0.6 is 0 Å². The third kappa shape index (κ3) is 3.42. The molecule has 0 amide bonds. The SMILES string of the molecule is CNC1(C(=O)OC)CCCC1CCN1CCC(C)C(C)C1. The number of methoxy groups -OCH3 is 1. The third-order valence-corrected chi connectivity index (χ3v) is 6.03. The minimum atomic E-state index is -0.441. The lowest BCUT2D eigenvalue weighted by Gasteiger charge is -2.37. The van der Waals surface area contributed by atoms with Crippen molar-refractivity contribution in [2.24, 2.45) is 17.8 Å². The molecule has 0 spiro atoms. The van der Waals surface area contributed by atoms with E-state index in [0.717, 1.165) is 44.1 Å². The summed E-state index contributed by atoms with van der Waals surface area (Å²) in [5.74, 6) is 1.97. The lowest BCUT2D eigenvalue weighted by atomic mass is 9.83. The molecule has 2 rings (SSSR count). The van der Waals surface area contributed by atoms with E-state index in [4.69, 9.17) is 4.74 Å². The van der Waals surface area contributed by atoms with Gasteiger partial charge in [0.15, 0.2) is 0 Å². The summed E-state index contributed by atoms with van der Waals surface area (Å²) in [6, 6.07) is 0. The highest BCUT2D eigenvalue weighted by Crippen LogP contribution is 2.39. The molecule has 4 nitrogen and oxygen atoms in total. The van der Waals surface area contributed by atoms with E-state index >= 15 is 0 Å². The molecule has 1 aliphatic carbocycles. The van der Waals surface area contributed by atoms with E-state index in [-0.39, 0.29) is 5.97 Å². The van der Waals surface area contributed by atoms with E-state index in [9.17, 15) is 4.79 Å². The minimum Gasteiger partial charge on any atom is -0.468 e. The average Bonchev–Trinajstić information content (AvgIpc) is 2.91. The first kappa shape index (κ1) is 16.8. The summed E-state index contributed by atoms with van der Waals surface area (Å²) in [6.45, 7) is 8.25. The Bertz CT molecular complexity index is 361. The van der Waals surface area contributed by atoms with Crippen LogP contribution in [0.1, 0.15) is 46.0 Å². The number of hydrogen-bond donors (Lipinski definition) is 1. The average molecular weight is 296 g/mol. The molecule has 2 fully saturated rings. The first-order chi connectivity index (χ1) is 10.0. The van der Waals surface area contributed by atoms with Crippen LogP contribution in [0.2, 0.25) is 0 Å². The molecule has 2 aliphatic rings. The third-order valence-electron chi connectivity index (χ3n) is 6.03. The summed E-state index contributed by atoms with van der Waals surface area (Å²) in [5.41, 5.74) is -0.441. The molecule has 0 aromatic carbocycles. The second-order valence-corrected chi connectivity index (χ2v) is 7.13. The normalized spacial score (nSPS) is 37.6. The lowest BCUT2D eigenvalue weighted by Crippen LogP contribution is -2.54. The van der Waals surface area contributed by atoms with Gasteiger partial charge in [0, 0.05) is 6.54 Å². The smallest absolute Gasteiger partial charge is 0.326 e. The zero-order chi connectivity index (χ0) is 15.5. The number of esters is 1. The Labute approximate surface area is 129 Å². The molecule has 0 aromatic heterocycles. The number of likely N-dealkylation sites (tertiary alicyclic amines) is 1. The molecule has 4 atom stereocenters. The molecule has 1 saturated heterocycles. The standard InChI is InChI=1S/C17H32N2O2/c1-13-7-10-19(12-14(13)2)11-8-15-6-5-9-17(15,18-3)16(20)21-4/h13-15,18H,5-12H2,1-4H3. The fourth-order valence-electron chi connectivity index (χ4n) is 4.24. The number of nitrogens with zero attached hydrogens (tertiary/aromatic N) is 1. The lowest BCUT2D eigenvalue weighted by molar-refractivity contribution is -0.150. The highest BCUT2D eigenvalue weighted by atomic mass is 16.5. The Morgan fingerprint density at radius 2 is 2.10 bits per heavy atom.